The van der Waals surface area contributed by atoms with Gasteiger partial charge in [0.15, 0.2) is 0 Å². The van der Waals surface area contributed by atoms with Crippen LogP contribution in [0, 0.1) is 26.7 Å². The standard InChI is InChI=1S/C23H26N4O/c1-14-6-5-9-27(13-14)23(28)20-10-21(18-11-24-17(4)25-12-18)26-22-16(3)15(2)7-8-19(20)22/h7-8,10-12,14H,5-6,9,13H2,1-4H3/t14-/m0/s1. The quantitative estimate of drug-likeness (QED) is 0.663. The van der Waals surface area contributed by atoms with Crippen molar-refractivity contribution in [3.8, 4) is 11.3 Å². The molecule has 5 nitrogen and oxygen atoms in total. The molecule has 0 aliphatic carbocycles. The SMILES string of the molecule is Cc1ncc(-c2cc(C(=O)N3CCC[C@H](C)C3)c3ccc(C)c(C)c3n2)cn1. The van der Waals surface area contributed by atoms with E-state index in [-0.39, 0.29) is 5.91 Å². The molecule has 1 aliphatic rings. The fraction of sp³-hybridized carbons (Fsp3) is 0.391. The maximum absolute atomic E-state index is 13.5. The zero-order chi connectivity index (χ0) is 19.8. The van der Waals surface area contributed by atoms with Crippen molar-refractivity contribution in [2.45, 2.75) is 40.5 Å². The first-order valence-corrected chi connectivity index (χ1v) is 9.93. The van der Waals surface area contributed by atoms with Gasteiger partial charge in [0.25, 0.3) is 5.91 Å². The van der Waals surface area contributed by atoms with E-state index in [1.165, 1.54) is 12.0 Å². The molecule has 0 unspecified atom stereocenters. The van der Waals surface area contributed by atoms with Crippen LogP contribution < -0.4 is 0 Å². The van der Waals surface area contributed by atoms with Crippen molar-refractivity contribution in [2.75, 3.05) is 13.1 Å². The molecule has 1 aliphatic heterocycles. The maximum Gasteiger partial charge on any atom is 0.254 e. The van der Waals surface area contributed by atoms with E-state index in [2.05, 4.69) is 36.8 Å². The smallest absolute Gasteiger partial charge is 0.254 e. The number of likely N-dealkylation sites (tertiary alicyclic amines) is 1. The molecule has 1 amide bonds. The first-order valence-electron chi connectivity index (χ1n) is 9.93. The van der Waals surface area contributed by atoms with Crippen LogP contribution in [0.25, 0.3) is 22.2 Å². The number of hydrogen-bond donors (Lipinski definition) is 0. The third kappa shape index (κ3) is 3.37. The van der Waals surface area contributed by atoms with E-state index in [4.69, 9.17) is 4.98 Å². The van der Waals surface area contributed by atoms with Gasteiger partial charge in [-0.1, -0.05) is 19.1 Å². The molecule has 1 saturated heterocycles. The molecule has 1 aromatic carbocycles. The van der Waals surface area contributed by atoms with Gasteiger partial charge in [-0.15, -0.1) is 0 Å². The van der Waals surface area contributed by atoms with Crippen molar-refractivity contribution in [3.05, 3.63) is 53.1 Å². The van der Waals surface area contributed by atoms with Crippen molar-refractivity contribution in [2.24, 2.45) is 5.92 Å². The van der Waals surface area contributed by atoms with Crippen LogP contribution in [0.2, 0.25) is 0 Å². The number of aryl methyl sites for hydroxylation is 3. The predicted molar refractivity (Wildman–Crippen MR) is 111 cm³/mol. The van der Waals surface area contributed by atoms with Gasteiger partial charge in [0, 0.05) is 36.4 Å². The fourth-order valence-corrected chi connectivity index (χ4v) is 3.92. The second kappa shape index (κ2) is 7.30. The monoisotopic (exact) mass is 374 g/mol. The van der Waals surface area contributed by atoms with Crippen LogP contribution in [0.4, 0.5) is 0 Å². The normalized spacial score (nSPS) is 17.1. The van der Waals surface area contributed by atoms with Crippen LogP contribution in [0.3, 0.4) is 0 Å². The van der Waals surface area contributed by atoms with Crippen molar-refractivity contribution >= 4 is 16.8 Å². The largest absolute Gasteiger partial charge is 0.338 e. The Bertz CT molecular complexity index is 1040. The van der Waals surface area contributed by atoms with Crippen molar-refractivity contribution < 1.29 is 4.79 Å². The van der Waals surface area contributed by atoms with Gasteiger partial charge in [-0.3, -0.25) is 4.79 Å². The molecule has 2 aromatic heterocycles. The molecule has 28 heavy (non-hydrogen) atoms. The molecule has 0 radical (unpaired) electrons. The van der Waals surface area contributed by atoms with E-state index in [9.17, 15) is 4.79 Å². The lowest BCUT2D eigenvalue weighted by atomic mass is 9.96. The minimum Gasteiger partial charge on any atom is -0.338 e. The Morgan fingerprint density at radius 1 is 1.14 bits per heavy atom. The van der Waals surface area contributed by atoms with E-state index in [0.29, 0.717) is 5.92 Å². The Hall–Kier alpha value is -2.82. The van der Waals surface area contributed by atoms with Crippen LogP contribution in [-0.4, -0.2) is 38.8 Å². The number of carbonyl (C=O) groups is 1. The van der Waals surface area contributed by atoms with Gasteiger partial charge in [-0.25, -0.2) is 15.0 Å². The van der Waals surface area contributed by atoms with E-state index >= 15 is 0 Å². The molecule has 1 fully saturated rings. The zero-order valence-electron chi connectivity index (χ0n) is 17.0. The molecule has 0 spiro atoms. The summed E-state index contributed by atoms with van der Waals surface area (Å²) in [6, 6.07) is 6.01. The number of benzene rings is 1. The van der Waals surface area contributed by atoms with E-state index in [0.717, 1.165) is 58.6 Å². The third-order valence-corrected chi connectivity index (χ3v) is 5.76. The van der Waals surface area contributed by atoms with Gasteiger partial charge in [-0.05, 0) is 56.7 Å². The van der Waals surface area contributed by atoms with Gasteiger partial charge in [0.05, 0.1) is 16.8 Å². The summed E-state index contributed by atoms with van der Waals surface area (Å²) < 4.78 is 0. The lowest BCUT2D eigenvalue weighted by Crippen LogP contribution is -2.39. The van der Waals surface area contributed by atoms with E-state index < -0.39 is 0 Å². The van der Waals surface area contributed by atoms with Crippen LogP contribution in [-0.2, 0) is 0 Å². The average Bonchev–Trinajstić information content (AvgIpc) is 2.70. The van der Waals surface area contributed by atoms with Gasteiger partial charge in [0.1, 0.15) is 5.82 Å². The highest BCUT2D eigenvalue weighted by molar-refractivity contribution is 6.08. The number of rotatable bonds is 2. The number of pyridine rings is 1. The van der Waals surface area contributed by atoms with Crippen LogP contribution in [0.15, 0.2) is 30.6 Å². The van der Waals surface area contributed by atoms with Crippen molar-refractivity contribution in [1.29, 1.82) is 0 Å². The predicted octanol–water partition coefficient (Wildman–Crippen LogP) is 4.49. The summed E-state index contributed by atoms with van der Waals surface area (Å²) in [5, 5.41) is 0.920. The third-order valence-electron chi connectivity index (χ3n) is 5.76. The number of nitrogens with zero attached hydrogens (tertiary/aromatic N) is 4. The van der Waals surface area contributed by atoms with E-state index in [1.54, 1.807) is 12.4 Å². The summed E-state index contributed by atoms with van der Waals surface area (Å²) in [6.07, 6.45) is 5.80. The fourth-order valence-electron chi connectivity index (χ4n) is 3.92. The summed E-state index contributed by atoms with van der Waals surface area (Å²) in [6.45, 7) is 9.85. The molecule has 0 bridgehead atoms. The first-order chi connectivity index (χ1) is 13.4. The number of piperidine rings is 1. The lowest BCUT2D eigenvalue weighted by Gasteiger charge is -2.31. The highest BCUT2D eigenvalue weighted by Gasteiger charge is 2.25. The van der Waals surface area contributed by atoms with Crippen molar-refractivity contribution in [1.82, 2.24) is 19.9 Å². The Morgan fingerprint density at radius 2 is 1.89 bits per heavy atom. The summed E-state index contributed by atoms with van der Waals surface area (Å²) in [7, 11) is 0. The van der Waals surface area contributed by atoms with Crippen LogP contribution >= 0.6 is 0 Å². The molecule has 1 atom stereocenters. The molecule has 3 heterocycles. The second-order valence-corrected chi connectivity index (χ2v) is 7.98. The second-order valence-electron chi connectivity index (χ2n) is 7.98. The molecule has 5 heteroatoms. The summed E-state index contributed by atoms with van der Waals surface area (Å²) >= 11 is 0. The topological polar surface area (TPSA) is 59.0 Å². The van der Waals surface area contributed by atoms with Gasteiger partial charge in [-0.2, -0.15) is 0 Å². The van der Waals surface area contributed by atoms with E-state index in [1.807, 2.05) is 24.0 Å². The number of amides is 1. The number of fused-ring (bicyclic) bond motifs is 1. The Morgan fingerprint density at radius 3 is 2.61 bits per heavy atom. The molecule has 0 saturated carbocycles. The highest BCUT2D eigenvalue weighted by Crippen LogP contribution is 2.29. The summed E-state index contributed by atoms with van der Waals surface area (Å²) in [5.41, 5.74) is 5.45. The van der Waals surface area contributed by atoms with Crippen LogP contribution in [0.5, 0.6) is 0 Å². The molecule has 4 rings (SSSR count). The number of carbonyl (C=O) groups excluding carboxylic acids is 1. The Balaban J connectivity index is 1.89. The minimum absolute atomic E-state index is 0.0940. The Labute approximate surface area is 165 Å². The van der Waals surface area contributed by atoms with Crippen molar-refractivity contribution in [3.63, 3.8) is 0 Å². The average molecular weight is 374 g/mol. The highest BCUT2D eigenvalue weighted by atomic mass is 16.2. The molecule has 3 aromatic rings. The maximum atomic E-state index is 13.5. The zero-order valence-corrected chi connectivity index (χ0v) is 17.0. The van der Waals surface area contributed by atoms with Crippen LogP contribution in [0.1, 0.15) is 47.1 Å². The number of aromatic nitrogens is 3. The van der Waals surface area contributed by atoms with Gasteiger partial charge < -0.3 is 4.90 Å². The van der Waals surface area contributed by atoms with Gasteiger partial charge in [0.2, 0.25) is 0 Å². The molecular formula is C23H26N4O. The molecule has 144 valence electrons. The summed E-state index contributed by atoms with van der Waals surface area (Å²) in [5.74, 6) is 1.35. The lowest BCUT2D eigenvalue weighted by molar-refractivity contribution is 0.0685. The molecule has 0 N–H and O–H groups in total. The number of hydrogen-bond acceptors (Lipinski definition) is 4. The summed E-state index contributed by atoms with van der Waals surface area (Å²) in [4.78, 5) is 28.9. The Kier molecular flexibility index (Phi) is 4.84. The molecular weight excluding hydrogens is 348 g/mol. The minimum atomic E-state index is 0.0940. The first kappa shape index (κ1) is 18.5. The van der Waals surface area contributed by atoms with Gasteiger partial charge >= 0.3 is 0 Å².